The van der Waals surface area contributed by atoms with Gasteiger partial charge in [0, 0.05) is 24.7 Å². The number of hydrogen-bond acceptors (Lipinski definition) is 5. The van der Waals surface area contributed by atoms with Crippen molar-refractivity contribution in [3.63, 3.8) is 0 Å². The number of nitro groups is 1. The van der Waals surface area contributed by atoms with Crippen molar-refractivity contribution in [2.45, 2.75) is 6.92 Å². The molecule has 0 fully saturated rings. The van der Waals surface area contributed by atoms with Crippen LogP contribution in [-0.4, -0.2) is 21.4 Å². The zero-order valence-electron chi connectivity index (χ0n) is 10.5. The van der Waals surface area contributed by atoms with Crippen LogP contribution < -0.4 is 4.90 Å². The molecule has 0 aliphatic heterocycles. The third kappa shape index (κ3) is 3.15. The number of rotatable bonds is 4. The molecule has 0 saturated heterocycles. The minimum Gasteiger partial charge on any atom is -0.310 e. The first-order valence-corrected chi connectivity index (χ1v) is 6.49. The number of benzene rings is 1. The summed E-state index contributed by atoms with van der Waals surface area (Å²) in [5, 5.41) is 11.2. The fourth-order valence-corrected chi connectivity index (χ4v) is 2.13. The lowest BCUT2D eigenvalue weighted by atomic mass is 10.2. The Labute approximate surface area is 125 Å². The number of anilines is 2. The number of non-ortho nitro benzene ring substituents is 1. The molecule has 0 atom stereocenters. The Bertz CT molecular complexity index is 631. The SMILES string of the molecule is CCN(c1cccc([N+](=O)[O-])c1)c1nc(Cl)cc(Cl)n1. The number of halogens is 2. The summed E-state index contributed by atoms with van der Waals surface area (Å²) < 4.78 is 0. The second-order valence-electron chi connectivity index (χ2n) is 3.83. The molecule has 104 valence electrons. The van der Waals surface area contributed by atoms with Crippen molar-refractivity contribution >= 4 is 40.5 Å². The average molecular weight is 313 g/mol. The maximum atomic E-state index is 10.8. The Kier molecular flexibility index (Phi) is 4.36. The summed E-state index contributed by atoms with van der Waals surface area (Å²) in [4.78, 5) is 20.2. The molecule has 0 spiro atoms. The van der Waals surface area contributed by atoms with Gasteiger partial charge < -0.3 is 4.90 Å². The predicted molar refractivity (Wildman–Crippen MR) is 77.8 cm³/mol. The standard InChI is InChI=1S/C12H10Cl2N4O2/c1-2-17(12-15-10(13)7-11(14)16-12)8-4-3-5-9(6-8)18(19)20/h3-7H,2H2,1H3. The smallest absolute Gasteiger partial charge is 0.271 e. The highest BCUT2D eigenvalue weighted by Crippen LogP contribution is 2.27. The molecular formula is C12H10Cl2N4O2. The van der Waals surface area contributed by atoms with Crippen LogP contribution in [-0.2, 0) is 0 Å². The summed E-state index contributed by atoms with van der Waals surface area (Å²) in [5.74, 6) is 0.297. The van der Waals surface area contributed by atoms with E-state index in [0.29, 0.717) is 18.2 Å². The van der Waals surface area contributed by atoms with E-state index in [1.54, 1.807) is 17.0 Å². The van der Waals surface area contributed by atoms with Crippen LogP contribution in [0.25, 0.3) is 0 Å². The van der Waals surface area contributed by atoms with Crippen LogP contribution in [0.1, 0.15) is 6.92 Å². The molecule has 1 aromatic heterocycles. The van der Waals surface area contributed by atoms with E-state index in [1.807, 2.05) is 6.92 Å². The fourth-order valence-electron chi connectivity index (χ4n) is 1.71. The Morgan fingerprint density at radius 2 is 1.90 bits per heavy atom. The third-order valence-corrected chi connectivity index (χ3v) is 2.95. The third-order valence-electron chi connectivity index (χ3n) is 2.56. The molecule has 0 amide bonds. The van der Waals surface area contributed by atoms with Gasteiger partial charge in [-0.15, -0.1) is 0 Å². The summed E-state index contributed by atoms with van der Waals surface area (Å²) >= 11 is 11.7. The first-order chi connectivity index (χ1) is 9.51. The molecule has 2 aromatic rings. The highest BCUT2D eigenvalue weighted by atomic mass is 35.5. The zero-order valence-corrected chi connectivity index (χ0v) is 12.0. The Hall–Kier alpha value is -1.92. The van der Waals surface area contributed by atoms with Gasteiger partial charge >= 0.3 is 0 Å². The van der Waals surface area contributed by atoms with Crippen LogP contribution in [0.2, 0.25) is 10.3 Å². The number of hydrogen-bond donors (Lipinski definition) is 0. The van der Waals surface area contributed by atoms with Crippen molar-refractivity contribution in [3.8, 4) is 0 Å². The second kappa shape index (κ2) is 6.02. The minimum atomic E-state index is -0.455. The van der Waals surface area contributed by atoms with Crippen molar-refractivity contribution in [3.05, 3.63) is 50.8 Å². The van der Waals surface area contributed by atoms with Gasteiger partial charge in [0.25, 0.3) is 5.69 Å². The molecule has 1 aromatic carbocycles. The van der Waals surface area contributed by atoms with Crippen molar-refractivity contribution < 1.29 is 4.92 Å². The molecule has 0 aliphatic rings. The first-order valence-electron chi connectivity index (χ1n) is 5.73. The lowest BCUT2D eigenvalue weighted by Crippen LogP contribution is -2.19. The minimum absolute atomic E-state index is 0.00549. The van der Waals surface area contributed by atoms with Crippen molar-refractivity contribution in [2.75, 3.05) is 11.4 Å². The predicted octanol–water partition coefficient (Wildman–Crippen LogP) is 3.85. The topological polar surface area (TPSA) is 72.2 Å². The molecule has 0 radical (unpaired) electrons. The van der Waals surface area contributed by atoms with Crippen LogP contribution >= 0.6 is 23.2 Å². The monoisotopic (exact) mass is 312 g/mol. The van der Waals surface area contributed by atoms with E-state index in [2.05, 4.69) is 9.97 Å². The van der Waals surface area contributed by atoms with Crippen LogP contribution in [0.5, 0.6) is 0 Å². The summed E-state index contributed by atoms with van der Waals surface area (Å²) in [7, 11) is 0. The highest BCUT2D eigenvalue weighted by Gasteiger charge is 2.15. The van der Waals surface area contributed by atoms with Crippen molar-refractivity contribution in [1.82, 2.24) is 9.97 Å². The average Bonchev–Trinajstić information content (AvgIpc) is 2.39. The van der Waals surface area contributed by atoms with Gasteiger partial charge in [-0.05, 0) is 13.0 Å². The Morgan fingerprint density at radius 3 is 2.45 bits per heavy atom. The van der Waals surface area contributed by atoms with E-state index in [-0.39, 0.29) is 16.0 Å². The summed E-state index contributed by atoms with van der Waals surface area (Å²) in [6.45, 7) is 2.38. The highest BCUT2D eigenvalue weighted by molar-refractivity contribution is 6.33. The van der Waals surface area contributed by atoms with Gasteiger partial charge in [-0.25, -0.2) is 9.97 Å². The molecule has 0 saturated carbocycles. The molecule has 2 rings (SSSR count). The van der Waals surface area contributed by atoms with Crippen LogP contribution in [0, 0.1) is 10.1 Å². The van der Waals surface area contributed by atoms with Crippen LogP contribution in [0.4, 0.5) is 17.3 Å². The Balaban J connectivity index is 2.46. The zero-order chi connectivity index (χ0) is 14.7. The molecule has 0 unspecified atom stereocenters. The number of nitro benzene ring substituents is 1. The quantitative estimate of drug-likeness (QED) is 0.487. The largest absolute Gasteiger partial charge is 0.310 e. The van der Waals surface area contributed by atoms with Gasteiger partial charge in [-0.1, -0.05) is 29.3 Å². The normalized spacial score (nSPS) is 10.3. The molecular weight excluding hydrogens is 303 g/mol. The van der Waals surface area contributed by atoms with E-state index >= 15 is 0 Å². The molecule has 6 nitrogen and oxygen atoms in total. The van der Waals surface area contributed by atoms with Crippen molar-refractivity contribution in [1.29, 1.82) is 0 Å². The summed E-state index contributed by atoms with van der Waals surface area (Å²) in [6, 6.07) is 7.62. The maximum absolute atomic E-state index is 10.8. The van der Waals surface area contributed by atoms with Gasteiger partial charge in [0.2, 0.25) is 5.95 Å². The van der Waals surface area contributed by atoms with Crippen LogP contribution in [0.3, 0.4) is 0 Å². The fraction of sp³-hybridized carbons (Fsp3) is 0.167. The second-order valence-corrected chi connectivity index (χ2v) is 4.61. The van der Waals surface area contributed by atoms with Gasteiger partial charge in [0.15, 0.2) is 0 Å². The molecule has 20 heavy (non-hydrogen) atoms. The lowest BCUT2D eigenvalue weighted by Gasteiger charge is -2.20. The van der Waals surface area contributed by atoms with Gasteiger partial charge in [-0.3, -0.25) is 10.1 Å². The van der Waals surface area contributed by atoms with Gasteiger partial charge in [0.1, 0.15) is 10.3 Å². The van der Waals surface area contributed by atoms with E-state index in [0.717, 1.165) is 0 Å². The number of aromatic nitrogens is 2. The van der Waals surface area contributed by atoms with E-state index in [1.165, 1.54) is 18.2 Å². The lowest BCUT2D eigenvalue weighted by molar-refractivity contribution is -0.384. The van der Waals surface area contributed by atoms with E-state index in [4.69, 9.17) is 23.2 Å². The molecule has 1 heterocycles. The van der Waals surface area contributed by atoms with Gasteiger partial charge in [0.05, 0.1) is 10.6 Å². The maximum Gasteiger partial charge on any atom is 0.271 e. The summed E-state index contributed by atoms with van der Waals surface area (Å²) in [5.41, 5.74) is 0.592. The van der Waals surface area contributed by atoms with E-state index < -0.39 is 4.92 Å². The van der Waals surface area contributed by atoms with Crippen molar-refractivity contribution in [2.24, 2.45) is 0 Å². The van der Waals surface area contributed by atoms with E-state index in [9.17, 15) is 10.1 Å². The Morgan fingerprint density at radius 1 is 1.25 bits per heavy atom. The molecule has 8 heteroatoms. The number of nitrogens with zero attached hydrogens (tertiary/aromatic N) is 4. The molecule has 0 bridgehead atoms. The summed E-state index contributed by atoms with van der Waals surface area (Å²) in [6.07, 6.45) is 0. The first kappa shape index (κ1) is 14.5. The molecule has 0 aliphatic carbocycles. The van der Waals surface area contributed by atoms with Crippen LogP contribution in [0.15, 0.2) is 30.3 Å². The molecule has 0 N–H and O–H groups in total. The van der Waals surface area contributed by atoms with Gasteiger partial charge in [-0.2, -0.15) is 0 Å².